The fourth-order valence-electron chi connectivity index (χ4n) is 2.10. The maximum absolute atomic E-state index is 4.71. The van der Waals surface area contributed by atoms with Crippen LogP contribution < -0.4 is 0 Å². The first-order valence-electron chi connectivity index (χ1n) is 6.33. The number of aromatic nitrogens is 1. The van der Waals surface area contributed by atoms with Crippen molar-refractivity contribution in [3.63, 3.8) is 0 Å². The summed E-state index contributed by atoms with van der Waals surface area (Å²) in [5.74, 6) is 0.131. The van der Waals surface area contributed by atoms with Crippen LogP contribution in [0.3, 0.4) is 0 Å². The Kier molecular flexibility index (Phi) is 3.32. The van der Waals surface area contributed by atoms with Crippen LogP contribution >= 0.6 is 0 Å². The van der Waals surface area contributed by atoms with Crippen LogP contribution in [0.25, 0.3) is 0 Å². The van der Waals surface area contributed by atoms with Gasteiger partial charge in [-0.2, -0.15) is 0 Å². The van der Waals surface area contributed by atoms with Gasteiger partial charge in [-0.15, -0.1) is 0 Å². The smallest absolute Gasteiger partial charge is 0.0633 e. The Balaban J connectivity index is 1.98. The maximum Gasteiger partial charge on any atom is 0.0633 e. The normalized spacial score (nSPS) is 19.8. The molecular weight excluding hydrogens is 232 g/mol. The van der Waals surface area contributed by atoms with Gasteiger partial charge in [-0.25, -0.2) is 0 Å². The minimum absolute atomic E-state index is 0.131. The average Bonchev–Trinajstić information content (AvgIpc) is 2.50. The summed E-state index contributed by atoms with van der Waals surface area (Å²) in [7, 11) is 0. The lowest BCUT2D eigenvalue weighted by Gasteiger charge is -2.15. The van der Waals surface area contributed by atoms with Crippen molar-refractivity contribution in [1.82, 2.24) is 4.98 Å². The van der Waals surface area contributed by atoms with Crippen LogP contribution in [-0.4, -0.2) is 10.7 Å². The van der Waals surface area contributed by atoms with Crippen molar-refractivity contribution in [2.45, 2.75) is 5.92 Å². The molecule has 1 aliphatic carbocycles. The molecule has 1 aliphatic rings. The summed E-state index contributed by atoms with van der Waals surface area (Å²) in [6, 6.07) is 16.0. The molecule has 0 saturated carbocycles. The molecule has 0 N–H and O–H groups in total. The van der Waals surface area contributed by atoms with Crippen molar-refractivity contribution in [2.75, 3.05) is 0 Å². The van der Waals surface area contributed by atoms with E-state index in [-0.39, 0.29) is 5.92 Å². The first kappa shape index (κ1) is 11.6. The molecule has 0 fully saturated rings. The average molecular weight is 246 g/mol. The minimum Gasteiger partial charge on any atom is -0.260 e. The molecule has 2 heteroatoms. The van der Waals surface area contributed by atoms with E-state index in [2.05, 4.69) is 11.1 Å². The fraction of sp³-hybridized carbons (Fsp3) is 0.0588. The molecule has 0 spiro atoms. The number of para-hydroxylation sites is 1. The van der Waals surface area contributed by atoms with E-state index in [0.717, 1.165) is 17.1 Å². The highest BCUT2D eigenvalue weighted by Gasteiger charge is 2.16. The lowest BCUT2D eigenvalue weighted by Crippen LogP contribution is -2.11. The molecule has 0 saturated heterocycles. The summed E-state index contributed by atoms with van der Waals surface area (Å²) in [6.07, 6.45) is 10.1. The van der Waals surface area contributed by atoms with E-state index in [1.54, 1.807) is 0 Å². The molecule has 0 aliphatic heterocycles. The molecule has 2 nitrogen and oxygen atoms in total. The quantitative estimate of drug-likeness (QED) is 0.784. The van der Waals surface area contributed by atoms with Crippen molar-refractivity contribution >= 4 is 11.4 Å². The van der Waals surface area contributed by atoms with Crippen molar-refractivity contribution < 1.29 is 0 Å². The molecule has 1 heterocycles. The Morgan fingerprint density at radius 2 is 1.74 bits per heavy atom. The standard InChI is InChI=1S/C17H14N2/c1-2-8-14(9-3-1)19-17-12-5-4-10-15(17)16-11-6-7-13-18-16/h1-13,15H. The molecule has 3 rings (SSSR count). The third kappa shape index (κ3) is 2.68. The number of rotatable bonds is 2. The van der Waals surface area contributed by atoms with Crippen molar-refractivity contribution in [3.8, 4) is 0 Å². The number of hydrogen-bond donors (Lipinski definition) is 0. The highest BCUT2D eigenvalue weighted by atomic mass is 14.8. The van der Waals surface area contributed by atoms with Gasteiger partial charge in [0.1, 0.15) is 0 Å². The fourth-order valence-corrected chi connectivity index (χ4v) is 2.10. The van der Waals surface area contributed by atoms with Gasteiger partial charge in [0.15, 0.2) is 0 Å². The van der Waals surface area contributed by atoms with Crippen LogP contribution in [0.4, 0.5) is 5.69 Å². The maximum atomic E-state index is 4.71. The lowest BCUT2D eigenvalue weighted by molar-refractivity contribution is 1.03. The Morgan fingerprint density at radius 3 is 2.53 bits per heavy atom. The number of allylic oxidation sites excluding steroid dienone is 4. The minimum atomic E-state index is 0.131. The van der Waals surface area contributed by atoms with Gasteiger partial charge >= 0.3 is 0 Å². The predicted octanol–water partition coefficient (Wildman–Crippen LogP) is 4.06. The van der Waals surface area contributed by atoms with E-state index >= 15 is 0 Å². The largest absolute Gasteiger partial charge is 0.260 e. The molecule has 1 unspecified atom stereocenters. The van der Waals surface area contributed by atoms with E-state index < -0.39 is 0 Å². The second-order valence-electron chi connectivity index (χ2n) is 4.35. The Hall–Kier alpha value is -2.48. The molecule has 1 atom stereocenters. The Morgan fingerprint density at radius 1 is 0.895 bits per heavy atom. The van der Waals surface area contributed by atoms with Gasteiger partial charge in [0.05, 0.1) is 23.0 Å². The number of pyridine rings is 1. The van der Waals surface area contributed by atoms with E-state index in [1.807, 2.05) is 73.0 Å². The molecule has 0 amide bonds. The van der Waals surface area contributed by atoms with Crippen LogP contribution in [0.1, 0.15) is 11.6 Å². The molecule has 0 bridgehead atoms. The zero-order valence-electron chi connectivity index (χ0n) is 10.5. The first-order valence-corrected chi connectivity index (χ1v) is 6.33. The Labute approximate surface area is 112 Å². The summed E-state index contributed by atoms with van der Waals surface area (Å²) >= 11 is 0. The van der Waals surface area contributed by atoms with Crippen LogP contribution in [0.5, 0.6) is 0 Å². The highest BCUT2D eigenvalue weighted by Crippen LogP contribution is 2.23. The molecule has 2 aromatic rings. The van der Waals surface area contributed by atoms with Crippen molar-refractivity contribution in [1.29, 1.82) is 0 Å². The second kappa shape index (κ2) is 5.44. The van der Waals surface area contributed by atoms with Gasteiger partial charge < -0.3 is 0 Å². The van der Waals surface area contributed by atoms with Crippen LogP contribution in [0.2, 0.25) is 0 Å². The van der Waals surface area contributed by atoms with E-state index in [0.29, 0.717) is 0 Å². The SMILES string of the molecule is C1=CC(=Nc2ccccc2)C(c2ccccn2)C=C1. The van der Waals surface area contributed by atoms with E-state index in [1.165, 1.54) is 0 Å². The Bertz CT molecular complexity index is 625. The van der Waals surface area contributed by atoms with E-state index in [4.69, 9.17) is 4.99 Å². The third-order valence-corrected chi connectivity index (χ3v) is 3.02. The molecule has 92 valence electrons. The predicted molar refractivity (Wildman–Crippen MR) is 78.8 cm³/mol. The molecular formula is C17H14N2. The number of benzene rings is 1. The van der Waals surface area contributed by atoms with Gasteiger partial charge in [-0.3, -0.25) is 9.98 Å². The molecule has 19 heavy (non-hydrogen) atoms. The summed E-state index contributed by atoms with van der Waals surface area (Å²) in [6.45, 7) is 0. The van der Waals surface area contributed by atoms with Crippen molar-refractivity contribution in [2.24, 2.45) is 4.99 Å². The van der Waals surface area contributed by atoms with Crippen molar-refractivity contribution in [3.05, 3.63) is 84.7 Å². The van der Waals surface area contributed by atoms with Gasteiger partial charge in [-0.05, 0) is 30.3 Å². The topological polar surface area (TPSA) is 25.2 Å². The number of aliphatic imine (C=N–C) groups is 1. The van der Waals surface area contributed by atoms with Gasteiger partial charge in [-0.1, -0.05) is 42.5 Å². The molecule has 0 radical (unpaired) electrons. The highest BCUT2D eigenvalue weighted by molar-refractivity contribution is 6.03. The first-order chi connectivity index (χ1) is 9.43. The monoisotopic (exact) mass is 246 g/mol. The summed E-state index contributed by atoms with van der Waals surface area (Å²) in [5, 5.41) is 0. The van der Waals surface area contributed by atoms with Gasteiger partial charge in [0.2, 0.25) is 0 Å². The zero-order valence-corrected chi connectivity index (χ0v) is 10.5. The summed E-state index contributed by atoms with van der Waals surface area (Å²) in [5.41, 5.74) is 3.02. The number of hydrogen-bond acceptors (Lipinski definition) is 2. The lowest BCUT2D eigenvalue weighted by atomic mass is 9.94. The number of nitrogens with zero attached hydrogens (tertiary/aromatic N) is 2. The van der Waals surface area contributed by atoms with Gasteiger partial charge in [0.25, 0.3) is 0 Å². The second-order valence-corrected chi connectivity index (χ2v) is 4.35. The summed E-state index contributed by atoms with van der Waals surface area (Å²) < 4.78 is 0. The van der Waals surface area contributed by atoms with Crippen LogP contribution in [0.15, 0.2) is 84.0 Å². The molecule has 1 aromatic carbocycles. The van der Waals surface area contributed by atoms with Crippen LogP contribution in [0, 0.1) is 0 Å². The van der Waals surface area contributed by atoms with E-state index in [9.17, 15) is 0 Å². The third-order valence-electron chi connectivity index (χ3n) is 3.02. The molecule has 1 aromatic heterocycles. The van der Waals surface area contributed by atoms with Crippen LogP contribution in [-0.2, 0) is 0 Å². The zero-order chi connectivity index (χ0) is 12.9. The summed E-state index contributed by atoms with van der Waals surface area (Å²) in [4.78, 5) is 9.14. The van der Waals surface area contributed by atoms with Gasteiger partial charge in [0, 0.05) is 6.20 Å².